The van der Waals surface area contributed by atoms with Crippen LogP contribution in [0.3, 0.4) is 0 Å². The van der Waals surface area contributed by atoms with E-state index in [-0.39, 0.29) is 37.7 Å². The Morgan fingerprint density at radius 1 is 1.12 bits per heavy atom. The molecule has 0 unspecified atom stereocenters. The maximum absolute atomic E-state index is 13.2. The van der Waals surface area contributed by atoms with Crippen LogP contribution in [0.4, 0.5) is 5.69 Å². The van der Waals surface area contributed by atoms with Crippen molar-refractivity contribution in [3.05, 3.63) is 59.1 Å². The van der Waals surface area contributed by atoms with Crippen molar-refractivity contribution >= 4 is 39.1 Å². The third-order valence-electron chi connectivity index (χ3n) is 5.33. The molecule has 2 rings (SSSR count). The highest BCUT2D eigenvalue weighted by Crippen LogP contribution is 2.23. The minimum Gasteiger partial charge on any atom is -0.497 e. The Balaban J connectivity index is 2.15. The summed E-state index contributed by atoms with van der Waals surface area (Å²) >= 11 is 6.28. The normalized spacial score (nSPS) is 12.0. The molecule has 0 aliphatic carbocycles. The highest BCUT2D eigenvalue weighted by Gasteiger charge is 2.27. The second-order valence-electron chi connectivity index (χ2n) is 7.82. The van der Waals surface area contributed by atoms with Gasteiger partial charge < -0.3 is 15.0 Å². The lowest BCUT2D eigenvalue weighted by Gasteiger charge is -2.29. The summed E-state index contributed by atoms with van der Waals surface area (Å²) in [6, 6.07) is 13.1. The number of halogens is 1. The summed E-state index contributed by atoms with van der Waals surface area (Å²) in [5.41, 5.74) is 1.21. The Morgan fingerprint density at radius 3 is 2.32 bits per heavy atom. The number of carbonyl (C=O) groups is 2. The minimum atomic E-state index is -3.56. The molecule has 34 heavy (non-hydrogen) atoms. The predicted octanol–water partition coefficient (Wildman–Crippen LogP) is 3.45. The van der Waals surface area contributed by atoms with Gasteiger partial charge in [-0.15, -0.1) is 0 Å². The van der Waals surface area contributed by atoms with Crippen molar-refractivity contribution in [1.82, 2.24) is 10.2 Å². The molecular weight excluding hydrogens is 478 g/mol. The van der Waals surface area contributed by atoms with Gasteiger partial charge in [-0.2, -0.15) is 0 Å². The predicted molar refractivity (Wildman–Crippen MR) is 135 cm³/mol. The van der Waals surface area contributed by atoms with Gasteiger partial charge in [-0.25, -0.2) is 8.42 Å². The van der Waals surface area contributed by atoms with E-state index >= 15 is 0 Å². The molecule has 0 bridgehead atoms. The van der Waals surface area contributed by atoms with E-state index in [0.29, 0.717) is 23.0 Å². The van der Waals surface area contributed by atoms with Gasteiger partial charge in [0.05, 0.1) is 19.1 Å². The van der Waals surface area contributed by atoms with E-state index in [9.17, 15) is 18.0 Å². The molecule has 0 aromatic heterocycles. The molecule has 186 valence electrons. The fourth-order valence-electron chi connectivity index (χ4n) is 3.47. The zero-order chi connectivity index (χ0) is 25.3. The number of ether oxygens (including phenoxy) is 1. The monoisotopic (exact) mass is 509 g/mol. The molecule has 0 spiro atoms. The third kappa shape index (κ3) is 7.63. The van der Waals surface area contributed by atoms with E-state index in [4.69, 9.17) is 16.3 Å². The maximum atomic E-state index is 13.2. The Hall–Kier alpha value is -2.78. The summed E-state index contributed by atoms with van der Waals surface area (Å²) in [5, 5.41) is 3.25. The number of hydrogen-bond acceptors (Lipinski definition) is 5. The number of sulfonamides is 1. The van der Waals surface area contributed by atoms with Crippen molar-refractivity contribution in [3.63, 3.8) is 0 Å². The molecule has 1 N–H and O–H groups in total. The minimum absolute atomic E-state index is 0.0658. The molecule has 8 nitrogen and oxygen atoms in total. The molecule has 0 aliphatic rings. The summed E-state index contributed by atoms with van der Waals surface area (Å²) in [4.78, 5) is 27.1. The van der Waals surface area contributed by atoms with Crippen LogP contribution in [0.15, 0.2) is 48.5 Å². The van der Waals surface area contributed by atoms with Crippen LogP contribution in [0.1, 0.15) is 32.3 Å². The second kappa shape index (κ2) is 12.6. The molecule has 10 heteroatoms. The summed E-state index contributed by atoms with van der Waals surface area (Å²) < 4.78 is 31.1. The van der Waals surface area contributed by atoms with E-state index in [1.165, 1.54) is 16.3 Å². The lowest BCUT2D eigenvalue weighted by atomic mass is 10.1. The average Bonchev–Trinajstić information content (AvgIpc) is 2.80. The smallest absolute Gasteiger partial charge is 0.242 e. The van der Waals surface area contributed by atoms with E-state index in [1.54, 1.807) is 43.3 Å². The van der Waals surface area contributed by atoms with Gasteiger partial charge in [0.25, 0.3) is 0 Å². The first-order chi connectivity index (χ1) is 16.1. The van der Waals surface area contributed by atoms with Crippen LogP contribution in [-0.2, 0) is 26.2 Å². The molecule has 0 saturated heterocycles. The summed E-state index contributed by atoms with van der Waals surface area (Å²) in [7, 11) is -2.03. The van der Waals surface area contributed by atoms with Gasteiger partial charge in [-0.1, -0.05) is 29.8 Å². The lowest BCUT2D eigenvalue weighted by molar-refractivity contribution is -0.140. The summed E-state index contributed by atoms with van der Waals surface area (Å²) in [6.45, 7) is 4.21. The van der Waals surface area contributed by atoms with Crippen molar-refractivity contribution in [2.24, 2.45) is 0 Å². The molecule has 0 aliphatic heterocycles. The largest absolute Gasteiger partial charge is 0.497 e. The molecule has 2 amide bonds. The number of carbonyl (C=O) groups excluding carboxylic acids is 2. The number of anilines is 1. The van der Waals surface area contributed by atoms with Crippen molar-refractivity contribution in [1.29, 1.82) is 0 Å². The molecule has 0 radical (unpaired) electrons. The molecule has 0 fully saturated rings. The van der Waals surface area contributed by atoms with Crippen LogP contribution in [-0.4, -0.2) is 57.6 Å². The quantitative estimate of drug-likeness (QED) is 0.472. The Kier molecular flexibility index (Phi) is 10.2. The van der Waals surface area contributed by atoms with Gasteiger partial charge in [-0.05, 0) is 56.2 Å². The number of amides is 2. The van der Waals surface area contributed by atoms with E-state index in [2.05, 4.69) is 5.32 Å². The maximum Gasteiger partial charge on any atom is 0.242 e. The highest BCUT2D eigenvalue weighted by molar-refractivity contribution is 7.92. The number of rotatable bonds is 12. The second-order valence-corrected chi connectivity index (χ2v) is 10.1. The number of methoxy groups -OCH3 is 1. The van der Waals surface area contributed by atoms with E-state index < -0.39 is 16.1 Å². The van der Waals surface area contributed by atoms with Crippen LogP contribution < -0.4 is 14.4 Å². The number of nitrogens with zero attached hydrogens (tertiary/aromatic N) is 2. The van der Waals surface area contributed by atoms with Gasteiger partial charge in [0.15, 0.2) is 0 Å². The van der Waals surface area contributed by atoms with E-state index in [1.807, 2.05) is 19.1 Å². The van der Waals surface area contributed by atoms with Crippen LogP contribution in [0.2, 0.25) is 5.02 Å². The van der Waals surface area contributed by atoms with Gasteiger partial charge in [0.2, 0.25) is 21.8 Å². The number of nitrogens with one attached hydrogen (secondary N) is 1. The van der Waals surface area contributed by atoms with E-state index in [0.717, 1.165) is 11.8 Å². The Morgan fingerprint density at radius 2 is 1.76 bits per heavy atom. The first kappa shape index (κ1) is 27.5. The first-order valence-corrected chi connectivity index (χ1v) is 13.2. The highest BCUT2D eigenvalue weighted by atomic mass is 35.5. The van der Waals surface area contributed by atoms with Crippen molar-refractivity contribution < 1.29 is 22.7 Å². The van der Waals surface area contributed by atoms with Crippen molar-refractivity contribution in [2.75, 3.05) is 30.8 Å². The molecule has 2 aromatic rings. The zero-order valence-electron chi connectivity index (χ0n) is 20.0. The summed E-state index contributed by atoms with van der Waals surface area (Å²) in [6.07, 6.45) is 1.47. The van der Waals surface area contributed by atoms with Gasteiger partial charge in [0, 0.05) is 31.1 Å². The van der Waals surface area contributed by atoms with Gasteiger partial charge >= 0.3 is 0 Å². The molecule has 1 atom stereocenters. The Labute approximate surface area is 206 Å². The fourth-order valence-corrected chi connectivity index (χ4v) is 4.63. The lowest BCUT2D eigenvalue weighted by Crippen LogP contribution is -2.47. The Bertz CT molecular complexity index is 1080. The number of hydrogen-bond donors (Lipinski definition) is 1. The van der Waals surface area contributed by atoms with Crippen LogP contribution in [0.5, 0.6) is 5.75 Å². The van der Waals surface area contributed by atoms with Crippen LogP contribution >= 0.6 is 11.6 Å². The summed E-state index contributed by atoms with van der Waals surface area (Å²) in [5.74, 6) is 0.0858. The first-order valence-electron chi connectivity index (χ1n) is 11.0. The van der Waals surface area contributed by atoms with Gasteiger partial charge in [0.1, 0.15) is 11.8 Å². The number of benzene rings is 2. The molecular formula is C24H32ClN3O5S. The van der Waals surface area contributed by atoms with Crippen LogP contribution in [0, 0.1) is 0 Å². The van der Waals surface area contributed by atoms with Gasteiger partial charge in [-0.3, -0.25) is 13.9 Å². The third-order valence-corrected chi connectivity index (χ3v) is 6.89. The number of likely N-dealkylation sites (N-methyl/N-ethyl adjacent to an activating group) is 1. The SMILES string of the molecule is CCNC(=O)[C@@H](C)N(Cc1ccccc1Cl)C(=O)CCCN(c1ccc(OC)cc1)S(C)(=O)=O. The van der Waals surface area contributed by atoms with Crippen LogP contribution in [0.25, 0.3) is 0 Å². The molecule has 0 saturated carbocycles. The average molecular weight is 510 g/mol. The fraction of sp³-hybridized carbons (Fsp3) is 0.417. The topological polar surface area (TPSA) is 96.0 Å². The standard InChI is InChI=1S/C24H32ClN3O5S/c1-5-26-24(30)18(2)27(17-19-9-6-7-10-22(19)25)23(29)11-8-16-28(34(4,31)32)20-12-14-21(33-3)15-13-20/h6-7,9-10,12-15,18H,5,8,11,16-17H2,1-4H3,(H,26,30)/t18-/m1/s1. The zero-order valence-corrected chi connectivity index (χ0v) is 21.5. The van der Waals surface area contributed by atoms with Crippen molar-refractivity contribution in [2.45, 2.75) is 39.3 Å². The molecule has 0 heterocycles. The molecule has 2 aromatic carbocycles. The van der Waals surface area contributed by atoms with Crippen molar-refractivity contribution in [3.8, 4) is 5.75 Å².